The van der Waals surface area contributed by atoms with Gasteiger partial charge < -0.3 is 10.6 Å². The van der Waals surface area contributed by atoms with Crippen LogP contribution in [-0.2, 0) is 4.79 Å². The maximum atomic E-state index is 12.3. The Hall–Kier alpha value is -3.72. The van der Waals surface area contributed by atoms with Gasteiger partial charge in [-0.25, -0.2) is 4.98 Å². The second-order valence-electron chi connectivity index (χ2n) is 6.25. The van der Waals surface area contributed by atoms with Gasteiger partial charge in [0.15, 0.2) is 0 Å². The van der Waals surface area contributed by atoms with Crippen LogP contribution in [-0.4, -0.2) is 27.0 Å². The minimum Gasteiger partial charge on any atom is -0.322 e. The van der Waals surface area contributed by atoms with E-state index in [-0.39, 0.29) is 22.8 Å². The lowest BCUT2D eigenvalue weighted by Gasteiger charge is -2.12. The van der Waals surface area contributed by atoms with Crippen molar-refractivity contribution in [3.63, 3.8) is 0 Å². The maximum absolute atomic E-state index is 12.3. The van der Waals surface area contributed by atoms with Crippen molar-refractivity contribution in [1.82, 2.24) is 4.98 Å². The molecular formula is C21H18N4O4S. The van der Waals surface area contributed by atoms with Crippen LogP contribution in [0.3, 0.4) is 0 Å². The lowest BCUT2D eigenvalue weighted by molar-refractivity contribution is -0.384. The van der Waals surface area contributed by atoms with Crippen molar-refractivity contribution >= 4 is 40.8 Å². The van der Waals surface area contributed by atoms with Gasteiger partial charge in [0.05, 0.1) is 10.2 Å². The summed E-state index contributed by atoms with van der Waals surface area (Å²) in [5.74, 6) is -0.0260. The molecule has 152 valence electrons. The number of nitrogens with zero attached hydrogens (tertiary/aromatic N) is 2. The average molecular weight is 422 g/mol. The van der Waals surface area contributed by atoms with Gasteiger partial charge in [-0.1, -0.05) is 6.07 Å². The first-order valence-corrected chi connectivity index (χ1v) is 9.85. The highest BCUT2D eigenvalue weighted by Gasteiger charge is 2.15. The van der Waals surface area contributed by atoms with Crippen LogP contribution in [0.4, 0.5) is 17.2 Å². The quantitative estimate of drug-likeness (QED) is 0.332. The average Bonchev–Trinajstić information content (AvgIpc) is 2.75. The highest BCUT2D eigenvalue weighted by molar-refractivity contribution is 8.00. The molecule has 0 aliphatic rings. The number of pyridine rings is 1. The summed E-state index contributed by atoms with van der Waals surface area (Å²) < 4.78 is 0. The summed E-state index contributed by atoms with van der Waals surface area (Å²) in [6.07, 6.45) is 1.61. The van der Waals surface area contributed by atoms with Crippen LogP contribution in [0.15, 0.2) is 77.8 Å². The second kappa shape index (κ2) is 9.66. The first-order valence-electron chi connectivity index (χ1n) is 8.97. The molecule has 0 bridgehead atoms. The molecule has 1 unspecified atom stereocenters. The predicted molar refractivity (Wildman–Crippen MR) is 116 cm³/mol. The van der Waals surface area contributed by atoms with Crippen LogP contribution < -0.4 is 10.6 Å². The molecule has 1 aromatic heterocycles. The highest BCUT2D eigenvalue weighted by atomic mass is 32.2. The zero-order chi connectivity index (χ0) is 21.5. The van der Waals surface area contributed by atoms with E-state index in [4.69, 9.17) is 0 Å². The number of carbonyl (C=O) groups excluding carboxylic acids is 2. The molecule has 2 amide bonds. The van der Waals surface area contributed by atoms with Crippen molar-refractivity contribution < 1.29 is 14.5 Å². The second-order valence-corrected chi connectivity index (χ2v) is 7.66. The number of anilines is 2. The maximum Gasteiger partial charge on any atom is 0.269 e. The normalized spacial score (nSPS) is 11.4. The third-order valence-corrected chi connectivity index (χ3v) is 5.16. The number of aromatic nitrogens is 1. The summed E-state index contributed by atoms with van der Waals surface area (Å²) >= 11 is 1.38. The van der Waals surface area contributed by atoms with Crippen molar-refractivity contribution in [1.29, 1.82) is 0 Å². The van der Waals surface area contributed by atoms with E-state index >= 15 is 0 Å². The van der Waals surface area contributed by atoms with E-state index < -0.39 is 4.92 Å². The van der Waals surface area contributed by atoms with E-state index in [1.165, 1.54) is 36.0 Å². The zero-order valence-corrected chi connectivity index (χ0v) is 16.8. The first-order chi connectivity index (χ1) is 14.4. The predicted octanol–water partition coefficient (Wildman–Crippen LogP) is 4.36. The number of benzene rings is 2. The van der Waals surface area contributed by atoms with E-state index in [9.17, 15) is 19.7 Å². The molecule has 0 aliphatic heterocycles. The smallest absolute Gasteiger partial charge is 0.269 e. The van der Waals surface area contributed by atoms with Gasteiger partial charge >= 0.3 is 0 Å². The molecule has 30 heavy (non-hydrogen) atoms. The van der Waals surface area contributed by atoms with Gasteiger partial charge in [-0.05, 0) is 55.5 Å². The summed E-state index contributed by atoms with van der Waals surface area (Å²) in [7, 11) is 0. The molecule has 0 fully saturated rings. The Morgan fingerprint density at radius 1 is 1.00 bits per heavy atom. The minimum absolute atomic E-state index is 0.0749. The highest BCUT2D eigenvalue weighted by Crippen LogP contribution is 2.25. The number of non-ortho nitro benzene ring substituents is 1. The summed E-state index contributed by atoms with van der Waals surface area (Å²) in [5, 5.41) is 15.8. The number of thioether (sulfide) groups is 1. The first kappa shape index (κ1) is 21.0. The van der Waals surface area contributed by atoms with Gasteiger partial charge in [-0.15, -0.1) is 11.8 Å². The lowest BCUT2D eigenvalue weighted by atomic mass is 10.2. The largest absolute Gasteiger partial charge is 0.322 e. The molecule has 0 saturated heterocycles. The van der Waals surface area contributed by atoms with E-state index in [0.29, 0.717) is 17.1 Å². The van der Waals surface area contributed by atoms with Crippen molar-refractivity contribution in [3.8, 4) is 0 Å². The van der Waals surface area contributed by atoms with Crippen LogP contribution in [0, 0.1) is 10.1 Å². The van der Waals surface area contributed by atoms with Crippen molar-refractivity contribution in [2.45, 2.75) is 17.1 Å². The molecule has 1 atom stereocenters. The summed E-state index contributed by atoms with van der Waals surface area (Å²) in [6.45, 7) is 1.80. The standard InChI is InChI=1S/C21H18N4O4S/c1-14(20(26)24-19-4-2-3-13-22-19)30-18-11-7-16(8-12-18)23-21(27)15-5-9-17(10-6-15)25(28)29/h2-14H,1H3,(H,23,27)(H,22,24,26). The molecule has 2 aromatic carbocycles. The number of hydrogen-bond donors (Lipinski definition) is 2. The molecule has 9 heteroatoms. The number of nitro groups is 1. The Labute approximate surface area is 176 Å². The molecule has 8 nitrogen and oxygen atoms in total. The number of amides is 2. The van der Waals surface area contributed by atoms with Crippen LogP contribution in [0.1, 0.15) is 17.3 Å². The number of nitro benzene ring substituents is 1. The Bertz CT molecular complexity index is 1040. The summed E-state index contributed by atoms with van der Waals surface area (Å²) in [4.78, 5) is 39.7. The van der Waals surface area contributed by atoms with E-state index in [1.807, 2.05) is 0 Å². The van der Waals surface area contributed by atoms with Gasteiger partial charge in [0.25, 0.3) is 11.6 Å². The SMILES string of the molecule is CC(Sc1ccc(NC(=O)c2ccc([N+](=O)[O-])cc2)cc1)C(=O)Nc1ccccn1. The Morgan fingerprint density at radius 3 is 2.30 bits per heavy atom. The topological polar surface area (TPSA) is 114 Å². The number of rotatable bonds is 7. The molecule has 2 N–H and O–H groups in total. The van der Waals surface area contributed by atoms with Crippen LogP contribution in [0.2, 0.25) is 0 Å². The monoisotopic (exact) mass is 422 g/mol. The van der Waals surface area contributed by atoms with E-state index in [1.54, 1.807) is 55.6 Å². The molecule has 3 aromatic rings. The molecular weight excluding hydrogens is 404 g/mol. The summed E-state index contributed by atoms with van der Waals surface area (Å²) in [6, 6.07) is 17.7. The van der Waals surface area contributed by atoms with Crippen LogP contribution >= 0.6 is 11.8 Å². The fourth-order valence-corrected chi connectivity index (χ4v) is 3.34. The lowest BCUT2D eigenvalue weighted by Crippen LogP contribution is -2.22. The number of nitrogens with one attached hydrogen (secondary N) is 2. The van der Waals surface area contributed by atoms with Gasteiger partial charge in [0.1, 0.15) is 5.82 Å². The molecule has 0 saturated carbocycles. The molecule has 0 radical (unpaired) electrons. The third kappa shape index (κ3) is 5.65. The van der Waals surface area contributed by atoms with Gasteiger partial charge in [0.2, 0.25) is 5.91 Å². The van der Waals surface area contributed by atoms with Gasteiger partial charge in [-0.3, -0.25) is 19.7 Å². The summed E-state index contributed by atoms with van der Waals surface area (Å²) in [5.41, 5.74) is 0.821. The molecule has 0 aliphatic carbocycles. The molecule has 0 spiro atoms. The van der Waals surface area contributed by atoms with Crippen molar-refractivity contribution in [2.24, 2.45) is 0 Å². The fraction of sp³-hybridized carbons (Fsp3) is 0.0952. The number of carbonyl (C=O) groups is 2. The van der Waals surface area contributed by atoms with E-state index in [2.05, 4.69) is 15.6 Å². The van der Waals surface area contributed by atoms with Crippen molar-refractivity contribution in [3.05, 3.63) is 88.6 Å². The molecule has 3 rings (SSSR count). The third-order valence-electron chi connectivity index (χ3n) is 4.05. The Balaban J connectivity index is 1.55. The Morgan fingerprint density at radius 2 is 1.70 bits per heavy atom. The molecule has 1 heterocycles. The zero-order valence-electron chi connectivity index (χ0n) is 15.9. The fourth-order valence-electron chi connectivity index (χ4n) is 2.48. The van der Waals surface area contributed by atoms with Gasteiger partial charge in [0, 0.05) is 34.5 Å². The van der Waals surface area contributed by atoms with E-state index in [0.717, 1.165) is 4.90 Å². The van der Waals surface area contributed by atoms with Crippen molar-refractivity contribution in [2.75, 3.05) is 10.6 Å². The Kier molecular flexibility index (Phi) is 6.76. The minimum atomic E-state index is -0.518. The van der Waals surface area contributed by atoms with Crippen LogP contribution in [0.5, 0.6) is 0 Å². The number of hydrogen-bond acceptors (Lipinski definition) is 6. The van der Waals surface area contributed by atoms with Crippen LogP contribution in [0.25, 0.3) is 0 Å². The van der Waals surface area contributed by atoms with Gasteiger partial charge in [-0.2, -0.15) is 0 Å².